The van der Waals surface area contributed by atoms with Crippen LogP contribution in [0, 0.1) is 0 Å². The number of hydrogen-bond acceptors (Lipinski definition) is 6. The van der Waals surface area contributed by atoms with Gasteiger partial charge in [-0.25, -0.2) is 4.98 Å². The lowest BCUT2D eigenvalue weighted by atomic mass is 10.1. The maximum Gasteiger partial charge on any atom is 0.276 e. The first kappa shape index (κ1) is 18.9. The van der Waals surface area contributed by atoms with Crippen molar-refractivity contribution in [1.82, 2.24) is 24.9 Å². The summed E-state index contributed by atoms with van der Waals surface area (Å²) in [5.74, 6) is 1.23. The Kier molecular flexibility index (Phi) is 5.67. The minimum Gasteiger partial charge on any atom is -0.355 e. The molecule has 1 N–H and O–H groups in total. The van der Waals surface area contributed by atoms with E-state index in [2.05, 4.69) is 15.5 Å². The summed E-state index contributed by atoms with van der Waals surface area (Å²) in [6.45, 7) is 1.98. The molecule has 1 aliphatic rings. The number of rotatable bonds is 3. The summed E-state index contributed by atoms with van der Waals surface area (Å²) >= 11 is 7.34. The fraction of sp³-hybridized carbons (Fsp3) is 0.312. The molecule has 3 aromatic heterocycles. The first-order chi connectivity index (χ1) is 12.1. The highest BCUT2D eigenvalue weighted by molar-refractivity contribution is 7.19. The van der Waals surface area contributed by atoms with Crippen LogP contribution in [0.4, 0.5) is 0 Å². The molecule has 3 aromatic rings. The third kappa shape index (κ3) is 3.50. The van der Waals surface area contributed by atoms with E-state index in [0.717, 1.165) is 17.2 Å². The standard InChI is InChI=1S/C16H16ClN5O2S.ClH/c1-21-6-5-19-15(21)11-9-18-4-7-22(11)16(23)10-8-12(24-20-10)13-2-3-14(17)25-13;/h2-3,5-6,8,11,18H,4,7,9H2,1H3;1H. The summed E-state index contributed by atoms with van der Waals surface area (Å²) in [4.78, 5) is 20.0. The SMILES string of the molecule is Cl.Cn1ccnc1C1CNCCN1C(=O)c1cc(-c2ccc(Cl)s2)on1. The first-order valence-corrected chi connectivity index (χ1v) is 9.04. The highest BCUT2D eigenvalue weighted by Crippen LogP contribution is 2.32. The Labute approximate surface area is 165 Å². The number of halogens is 2. The van der Waals surface area contributed by atoms with Crippen molar-refractivity contribution >= 4 is 41.3 Å². The molecule has 1 saturated heterocycles. The average molecular weight is 414 g/mol. The molecule has 1 fully saturated rings. The number of nitrogens with one attached hydrogen (secondary N) is 1. The molecule has 0 aromatic carbocycles. The molecule has 1 atom stereocenters. The van der Waals surface area contributed by atoms with Crippen LogP contribution in [-0.2, 0) is 7.05 Å². The summed E-state index contributed by atoms with van der Waals surface area (Å²) in [7, 11) is 1.92. The van der Waals surface area contributed by atoms with E-state index in [0.29, 0.717) is 28.9 Å². The van der Waals surface area contributed by atoms with E-state index in [4.69, 9.17) is 16.1 Å². The van der Waals surface area contributed by atoms with E-state index in [9.17, 15) is 4.79 Å². The average Bonchev–Trinajstić information content (AvgIpc) is 3.34. The summed E-state index contributed by atoms with van der Waals surface area (Å²) in [6.07, 6.45) is 3.61. The van der Waals surface area contributed by atoms with Gasteiger partial charge in [-0.3, -0.25) is 4.79 Å². The predicted octanol–water partition coefficient (Wildman–Crippen LogP) is 3.00. The molecule has 0 radical (unpaired) electrons. The first-order valence-electron chi connectivity index (χ1n) is 7.85. The summed E-state index contributed by atoms with van der Waals surface area (Å²) in [5, 5.41) is 7.28. The fourth-order valence-electron chi connectivity index (χ4n) is 2.96. The molecular weight excluding hydrogens is 397 g/mol. The van der Waals surface area contributed by atoms with Gasteiger partial charge in [0.15, 0.2) is 11.5 Å². The normalized spacial score (nSPS) is 17.2. The minimum atomic E-state index is -0.160. The van der Waals surface area contributed by atoms with Crippen LogP contribution in [0.25, 0.3) is 10.6 Å². The highest BCUT2D eigenvalue weighted by Gasteiger charge is 2.32. The van der Waals surface area contributed by atoms with E-state index in [1.165, 1.54) is 11.3 Å². The van der Waals surface area contributed by atoms with Gasteiger partial charge in [0.05, 0.1) is 9.21 Å². The second-order valence-corrected chi connectivity index (χ2v) is 7.51. The van der Waals surface area contributed by atoms with Gasteiger partial charge in [-0.2, -0.15) is 0 Å². The van der Waals surface area contributed by atoms with Gasteiger partial charge in [-0.15, -0.1) is 23.7 Å². The second kappa shape index (κ2) is 7.79. The smallest absolute Gasteiger partial charge is 0.276 e. The van der Waals surface area contributed by atoms with Crippen LogP contribution in [-0.4, -0.2) is 45.1 Å². The molecule has 7 nitrogen and oxygen atoms in total. The van der Waals surface area contributed by atoms with Gasteiger partial charge in [-0.1, -0.05) is 16.8 Å². The molecule has 4 heterocycles. The summed E-state index contributed by atoms with van der Waals surface area (Å²) < 4.78 is 7.94. The van der Waals surface area contributed by atoms with Crippen LogP contribution in [0.5, 0.6) is 0 Å². The zero-order valence-corrected chi connectivity index (χ0v) is 16.3. The Balaban J connectivity index is 0.00000196. The van der Waals surface area contributed by atoms with Crippen LogP contribution < -0.4 is 5.32 Å². The Bertz CT molecular complexity index is 906. The van der Waals surface area contributed by atoms with Crippen molar-refractivity contribution in [2.24, 2.45) is 7.05 Å². The van der Waals surface area contributed by atoms with Gasteiger partial charge >= 0.3 is 0 Å². The van der Waals surface area contributed by atoms with Crippen molar-refractivity contribution < 1.29 is 9.32 Å². The van der Waals surface area contributed by atoms with Crippen LogP contribution in [0.3, 0.4) is 0 Å². The van der Waals surface area contributed by atoms with E-state index in [-0.39, 0.29) is 24.4 Å². The number of aryl methyl sites for hydroxylation is 1. The molecule has 26 heavy (non-hydrogen) atoms. The van der Waals surface area contributed by atoms with Gasteiger partial charge in [0, 0.05) is 45.1 Å². The van der Waals surface area contributed by atoms with Gasteiger partial charge in [0.1, 0.15) is 11.9 Å². The van der Waals surface area contributed by atoms with Crippen LogP contribution in [0.1, 0.15) is 22.4 Å². The third-order valence-electron chi connectivity index (χ3n) is 4.21. The van der Waals surface area contributed by atoms with Crippen molar-refractivity contribution in [2.45, 2.75) is 6.04 Å². The van der Waals surface area contributed by atoms with Crippen molar-refractivity contribution in [3.8, 4) is 10.6 Å². The summed E-state index contributed by atoms with van der Waals surface area (Å²) in [6, 6.07) is 5.17. The number of carbonyl (C=O) groups is 1. The zero-order chi connectivity index (χ0) is 17.4. The van der Waals surface area contributed by atoms with E-state index in [1.807, 2.05) is 23.9 Å². The van der Waals surface area contributed by atoms with Crippen molar-refractivity contribution in [3.63, 3.8) is 0 Å². The molecule has 0 spiro atoms. The van der Waals surface area contributed by atoms with Crippen LogP contribution in [0.15, 0.2) is 35.1 Å². The quantitative estimate of drug-likeness (QED) is 0.713. The fourth-order valence-corrected chi connectivity index (χ4v) is 3.95. The lowest BCUT2D eigenvalue weighted by Crippen LogP contribution is -2.49. The van der Waals surface area contributed by atoms with Crippen LogP contribution >= 0.6 is 35.3 Å². The Morgan fingerprint density at radius 3 is 3.00 bits per heavy atom. The number of thiophene rings is 1. The topological polar surface area (TPSA) is 76.2 Å². The van der Waals surface area contributed by atoms with E-state index >= 15 is 0 Å². The molecule has 138 valence electrons. The van der Waals surface area contributed by atoms with E-state index in [1.54, 1.807) is 23.2 Å². The van der Waals surface area contributed by atoms with Crippen molar-refractivity contribution in [1.29, 1.82) is 0 Å². The number of piperazine rings is 1. The van der Waals surface area contributed by atoms with Gasteiger partial charge in [0.25, 0.3) is 5.91 Å². The van der Waals surface area contributed by atoms with E-state index < -0.39 is 0 Å². The van der Waals surface area contributed by atoms with Crippen molar-refractivity contribution in [2.75, 3.05) is 19.6 Å². The zero-order valence-electron chi connectivity index (χ0n) is 13.9. The van der Waals surface area contributed by atoms with Crippen molar-refractivity contribution in [3.05, 3.63) is 46.4 Å². The number of hydrogen-bond donors (Lipinski definition) is 1. The molecule has 0 saturated carbocycles. The molecule has 1 amide bonds. The van der Waals surface area contributed by atoms with Gasteiger partial charge in [-0.05, 0) is 12.1 Å². The number of amides is 1. The number of imidazole rings is 1. The lowest BCUT2D eigenvalue weighted by Gasteiger charge is -2.35. The Hall–Kier alpha value is -1.87. The van der Waals surface area contributed by atoms with Gasteiger partial charge < -0.3 is 19.3 Å². The molecule has 4 rings (SSSR count). The third-order valence-corrected chi connectivity index (χ3v) is 5.45. The molecule has 10 heteroatoms. The number of aromatic nitrogens is 3. The monoisotopic (exact) mass is 413 g/mol. The molecule has 0 bridgehead atoms. The van der Waals surface area contributed by atoms with Gasteiger partial charge in [0.2, 0.25) is 0 Å². The molecule has 0 aliphatic carbocycles. The second-order valence-electron chi connectivity index (χ2n) is 5.79. The maximum atomic E-state index is 13.0. The Morgan fingerprint density at radius 1 is 1.46 bits per heavy atom. The molecule has 1 aliphatic heterocycles. The highest BCUT2D eigenvalue weighted by atomic mass is 35.5. The molecular formula is C16H17Cl2N5O2S. The predicted molar refractivity (Wildman–Crippen MR) is 102 cm³/mol. The number of nitrogens with zero attached hydrogens (tertiary/aromatic N) is 4. The molecule has 1 unspecified atom stereocenters. The number of carbonyl (C=O) groups excluding carboxylic acids is 1. The largest absolute Gasteiger partial charge is 0.355 e. The maximum absolute atomic E-state index is 13.0. The summed E-state index contributed by atoms with van der Waals surface area (Å²) in [5.41, 5.74) is 0.292. The minimum absolute atomic E-state index is 0. The Morgan fingerprint density at radius 2 is 2.31 bits per heavy atom. The van der Waals surface area contributed by atoms with Crippen LogP contribution in [0.2, 0.25) is 4.34 Å². The lowest BCUT2D eigenvalue weighted by molar-refractivity contribution is 0.0610.